The first-order valence-corrected chi connectivity index (χ1v) is 9.56. The number of nitrogens with one attached hydrogen (secondary N) is 2. The molecule has 2 N–H and O–H groups in total. The number of rotatable bonds is 7. The van der Waals surface area contributed by atoms with Crippen molar-refractivity contribution in [1.29, 1.82) is 0 Å². The van der Waals surface area contributed by atoms with Crippen LogP contribution in [0, 0.1) is 20.8 Å². The number of hydrogen-bond acceptors (Lipinski definition) is 5. The van der Waals surface area contributed by atoms with E-state index in [0.717, 1.165) is 22.6 Å². The summed E-state index contributed by atoms with van der Waals surface area (Å²) in [7, 11) is 1.64. The highest BCUT2D eigenvalue weighted by Crippen LogP contribution is 2.22. The van der Waals surface area contributed by atoms with E-state index in [1.54, 1.807) is 20.1 Å². The maximum Gasteiger partial charge on any atom is 0.270 e. The van der Waals surface area contributed by atoms with Crippen LogP contribution in [0.3, 0.4) is 0 Å². The first-order valence-electron chi connectivity index (χ1n) is 9.56. The third kappa shape index (κ3) is 5.31. The summed E-state index contributed by atoms with van der Waals surface area (Å²) < 4.78 is 5.23. The van der Waals surface area contributed by atoms with E-state index in [0.29, 0.717) is 30.3 Å². The Bertz CT molecular complexity index is 1020. The number of methoxy groups -OCH3 is 1. The zero-order chi connectivity index (χ0) is 20.8. The van der Waals surface area contributed by atoms with Crippen molar-refractivity contribution in [3.63, 3.8) is 0 Å². The summed E-state index contributed by atoms with van der Waals surface area (Å²) in [6.07, 6.45) is 0.709. The number of aromatic nitrogens is 2. The Morgan fingerprint density at radius 1 is 1.03 bits per heavy atom. The number of aryl methyl sites for hydroxylation is 2. The van der Waals surface area contributed by atoms with E-state index in [4.69, 9.17) is 4.74 Å². The highest BCUT2D eigenvalue weighted by atomic mass is 16.5. The average Bonchev–Trinajstić information content (AvgIpc) is 2.71. The lowest BCUT2D eigenvalue weighted by Crippen LogP contribution is -2.27. The van der Waals surface area contributed by atoms with Crippen LogP contribution in [0.2, 0.25) is 0 Å². The fraction of sp³-hybridized carbons (Fsp3) is 0.261. The van der Waals surface area contributed by atoms with Crippen LogP contribution < -0.4 is 15.4 Å². The van der Waals surface area contributed by atoms with E-state index in [9.17, 15) is 4.79 Å². The molecule has 0 radical (unpaired) electrons. The van der Waals surface area contributed by atoms with Gasteiger partial charge in [-0.05, 0) is 62.1 Å². The van der Waals surface area contributed by atoms with Gasteiger partial charge in [-0.15, -0.1) is 0 Å². The van der Waals surface area contributed by atoms with Crippen LogP contribution in [0.4, 0.5) is 11.5 Å². The van der Waals surface area contributed by atoms with Gasteiger partial charge in [0.15, 0.2) is 0 Å². The molecule has 0 atom stereocenters. The number of carbonyl (C=O) groups is 1. The summed E-state index contributed by atoms with van der Waals surface area (Å²) in [5.74, 6) is 1.73. The van der Waals surface area contributed by atoms with Gasteiger partial charge in [0, 0.05) is 18.3 Å². The van der Waals surface area contributed by atoms with Crippen molar-refractivity contribution in [3.8, 4) is 5.75 Å². The second kappa shape index (κ2) is 9.19. The van der Waals surface area contributed by atoms with E-state index in [2.05, 4.69) is 40.5 Å². The van der Waals surface area contributed by atoms with E-state index in [1.165, 1.54) is 5.56 Å². The smallest absolute Gasteiger partial charge is 0.270 e. The van der Waals surface area contributed by atoms with Crippen molar-refractivity contribution in [2.45, 2.75) is 27.2 Å². The fourth-order valence-corrected chi connectivity index (χ4v) is 3.01. The third-order valence-corrected chi connectivity index (χ3v) is 4.77. The first kappa shape index (κ1) is 20.3. The quantitative estimate of drug-likeness (QED) is 0.634. The number of carbonyl (C=O) groups excluding carboxylic acids is 1. The molecule has 0 saturated heterocycles. The summed E-state index contributed by atoms with van der Waals surface area (Å²) in [5.41, 5.74) is 4.74. The summed E-state index contributed by atoms with van der Waals surface area (Å²) in [5, 5.41) is 6.22. The molecule has 6 nitrogen and oxygen atoms in total. The van der Waals surface area contributed by atoms with Crippen LogP contribution in [0.1, 0.15) is 33.0 Å². The van der Waals surface area contributed by atoms with E-state index in [-0.39, 0.29) is 5.91 Å². The normalized spacial score (nSPS) is 10.5. The molecule has 0 fully saturated rings. The molecule has 0 unspecified atom stereocenters. The molecule has 0 bridgehead atoms. The van der Waals surface area contributed by atoms with E-state index < -0.39 is 0 Å². The largest absolute Gasteiger partial charge is 0.497 e. The van der Waals surface area contributed by atoms with Gasteiger partial charge in [0.1, 0.15) is 23.1 Å². The lowest BCUT2D eigenvalue weighted by Gasteiger charge is -2.12. The number of benzene rings is 2. The van der Waals surface area contributed by atoms with Crippen LogP contribution in [-0.4, -0.2) is 29.5 Å². The highest BCUT2D eigenvalue weighted by Gasteiger charge is 2.11. The van der Waals surface area contributed by atoms with Crippen molar-refractivity contribution in [2.24, 2.45) is 0 Å². The second-order valence-corrected chi connectivity index (χ2v) is 6.92. The molecule has 2 aromatic carbocycles. The van der Waals surface area contributed by atoms with Crippen LogP contribution in [0.5, 0.6) is 5.75 Å². The van der Waals surface area contributed by atoms with Gasteiger partial charge >= 0.3 is 0 Å². The molecule has 1 amide bonds. The molecule has 0 spiro atoms. The lowest BCUT2D eigenvalue weighted by molar-refractivity contribution is 0.0949. The predicted molar refractivity (Wildman–Crippen MR) is 115 cm³/mol. The molecule has 0 aliphatic heterocycles. The number of anilines is 2. The van der Waals surface area contributed by atoms with Crippen molar-refractivity contribution in [2.75, 3.05) is 19.0 Å². The van der Waals surface area contributed by atoms with Gasteiger partial charge in [0.2, 0.25) is 0 Å². The van der Waals surface area contributed by atoms with Crippen LogP contribution in [0.15, 0.2) is 48.5 Å². The van der Waals surface area contributed by atoms with Gasteiger partial charge in [-0.2, -0.15) is 0 Å². The Morgan fingerprint density at radius 2 is 1.83 bits per heavy atom. The lowest BCUT2D eigenvalue weighted by atomic mass is 10.1. The molecule has 150 valence electrons. The van der Waals surface area contributed by atoms with Crippen LogP contribution in [0.25, 0.3) is 0 Å². The Hall–Kier alpha value is -3.41. The number of nitrogens with zero attached hydrogens (tertiary/aromatic N) is 2. The zero-order valence-corrected chi connectivity index (χ0v) is 17.2. The minimum atomic E-state index is -0.220. The number of ether oxygens (including phenoxy) is 1. The molecule has 1 heterocycles. The topological polar surface area (TPSA) is 76.1 Å². The van der Waals surface area contributed by atoms with Crippen molar-refractivity contribution in [1.82, 2.24) is 15.3 Å². The van der Waals surface area contributed by atoms with Crippen molar-refractivity contribution < 1.29 is 9.53 Å². The predicted octanol–water partition coefficient (Wildman–Crippen LogP) is 4.13. The molecular formula is C23H26N4O2. The van der Waals surface area contributed by atoms with Gasteiger partial charge in [0.05, 0.1) is 7.11 Å². The summed E-state index contributed by atoms with van der Waals surface area (Å²) >= 11 is 0. The third-order valence-electron chi connectivity index (χ3n) is 4.77. The number of amides is 1. The first-order chi connectivity index (χ1) is 14.0. The fourth-order valence-electron chi connectivity index (χ4n) is 3.01. The van der Waals surface area contributed by atoms with Crippen LogP contribution >= 0.6 is 0 Å². The van der Waals surface area contributed by atoms with Gasteiger partial charge in [-0.1, -0.05) is 24.3 Å². The monoisotopic (exact) mass is 390 g/mol. The zero-order valence-electron chi connectivity index (χ0n) is 17.2. The molecule has 3 rings (SSSR count). The highest BCUT2D eigenvalue weighted by molar-refractivity contribution is 5.93. The summed E-state index contributed by atoms with van der Waals surface area (Å²) in [6.45, 7) is 6.40. The average molecular weight is 390 g/mol. The molecule has 1 aromatic heterocycles. The second-order valence-electron chi connectivity index (χ2n) is 6.92. The Balaban J connectivity index is 1.66. The number of hydrogen-bond donors (Lipinski definition) is 2. The molecule has 0 aliphatic rings. The minimum Gasteiger partial charge on any atom is -0.497 e. The molecule has 3 aromatic rings. The SMILES string of the molecule is COc1cccc(CCNC(=O)c2cc(Nc3cccc(C)c3C)nc(C)n2)c1. The molecule has 29 heavy (non-hydrogen) atoms. The molecular weight excluding hydrogens is 364 g/mol. The minimum absolute atomic E-state index is 0.220. The Morgan fingerprint density at radius 3 is 2.62 bits per heavy atom. The Labute approximate surface area is 171 Å². The van der Waals surface area contributed by atoms with Crippen LogP contribution in [-0.2, 0) is 6.42 Å². The van der Waals surface area contributed by atoms with E-state index >= 15 is 0 Å². The van der Waals surface area contributed by atoms with Gasteiger partial charge < -0.3 is 15.4 Å². The standard InChI is InChI=1S/C23H26N4O2/c1-15-7-5-10-20(16(15)2)27-22-14-21(25-17(3)26-22)23(28)24-12-11-18-8-6-9-19(13-18)29-4/h5-10,13-14H,11-12H2,1-4H3,(H,24,28)(H,25,26,27). The van der Waals surface area contributed by atoms with Crippen molar-refractivity contribution >= 4 is 17.4 Å². The maximum absolute atomic E-state index is 12.6. The van der Waals surface area contributed by atoms with Crippen molar-refractivity contribution in [3.05, 3.63) is 76.7 Å². The Kier molecular flexibility index (Phi) is 6.44. The summed E-state index contributed by atoms with van der Waals surface area (Å²) in [6, 6.07) is 15.5. The van der Waals surface area contributed by atoms with Gasteiger partial charge in [-0.3, -0.25) is 4.79 Å². The van der Waals surface area contributed by atoms with Gasteiger partial charge in [0.25, 0.3) is 5.91 Å². The molecule has 0 aliphatic carbocycles. The summed E-state index contributed by atoms with van der Waals surface area (Å²) in [4.78, 5) is 21.3. The maximum atomic E-state index is 12.6. The van der Waals surface area contributed by atoms with Gasteiger partial charge in [-0.25, -0.2) is 9.97 Å². The van der Waals surface area contributed by atoms with E-state index in [1.807, 2.05) is 36.4 Å². The molecule has 0 saturated carbocycles. The molecule has 6 heteroatoms.